The third-order valence-electron chi connectivity index (χ3n) is 5.80. The molecule has 1 fully saturated rings. The standard InChI is InChI=1S/C16H17Cl2N5O2.C12H9Cl3N4O/c1-10-8-14(23-4-6-25-7-5-23)21-15(19-10)22-16(24)20-11-2-3-12(17)13(18)9-11;1-6-4-10(15)18-11(16-6)19-12(20)17-7-2-3-8(13)9(14)5-7/h2-3,8-9H,4-7H2,1H3,(H2,19,20,21,22,24);2-5H,1H3,(H2,16,17,18,19,20). The number of rotatable bonds is 5. The third kappa shape index (κ3) is 10.7. The Labute approximate surface area is 283 Å². The fraction of sp³-hybridized carbons (Fsp3) is 0.214. The van der Waals surface area contributed by atoms with Gasteiger partial charge in [-0.05, 0) is 56.3 Å². The van der Waals surface area contributed by atoms with Gasteiger partial charge in [-0.25, -0.2) is 24.5 Å². The van der Waals surface area contributed by atoms with Crippen LogP contribution in [0.25, 0.3) is 0 Å². The molecule has 0 radical (unpaired) electrons. The molecule has 2 aromatic carbocycles. The predicted molar refractivity (Wildman–Crippen MR) is 180 cm³/mol. The van der Waals surface area contributed by atoms with Crippen LogP contribution in [0.15, 0.2) is 48.5 Å². The van der Waals surface area contributed by atoms with E-state index in [9.17, 15) is 9.59 Å². The van der Waals surface area contributed by atoms with Gasteiger partial charge in [0.25, 0.3) is 0 Å². The van der Waals surface area contributed by atoms with Crippen LogP contribution in [0.5, 0.6) is 0 Å². The molecule has 4 amide bonds. The highest BCUT2D eigenvalue weighted by molar-refractivity contribution is 6.42. The summed E-state index contributed by atoms with van der Waals surface area (Å²) in [5.74, 6) is 1.12. The van der Waals surface area contributed by atoms with Crippen molar-refractivity contribution in [1.29, 1.82) is 0 Å². The monoisotopic (exact) mass is 711 g/mol. The Kier molecular flexibility index (Phi) is 12.2. The number of hydrogen-bond donors (Lipinski definition) is 4. The maximum absolute atomic E-state index is 12.2. The van der Waals surface area contributed by atoms with Crippen LogP contribution in [0.2, 0.25) is 25.2 Å². The van der Waals surface area contributed by atoms with Crippen molar-refractivity contribution >= 4 is 99.2 Å². The van der Waals surface area contributed by atoms with E-state index in [2.05, 4.69) is 46.1 Å². The van der Waals surface area contributed by atoms with Crippen LogP contribution in [0, 0.1) is 13.8 Å². The minimum atomic E-state index is -0.509. The van der Waals surface area contributed by atoms with E-state index in [0.29, 0.717) is 50.4 Å². The van der Waals surface area contributed by atoms with E-state index in [0.717, 1.165) is 24.6 Å². The number of halogens is 5. The first kappa shape index (κ1) is 34.2. The molecule has 5 rings (SSSR count). The van der Waals surface area contributed by atoms with E-state index in [1.807, 2.05) is 13.0 Å². The summed E-state index contributed by atoms with van der Waals surface area (Å²) in [6.45, 7) is 6.42. The topological polar surface area (TPSA) is 146 Å². The highest BCUT2D eigenvalue weighted by Crippen LogP contribution is 2.26. The van der Waals surface area contributed by atoms with Gasteiger partial charge in [0.2, 0.25) is 11.9 Å². The molecule has 17 heteroatoms. The van der Waals surface area contributed by atoms with E-state index >= 15 is 0 Å². The maximum atomic E-state index is 12.2. The molecule has 1 saturated heterocycles. The van der Waals surface area contributed by atoms with Crippen molar-refractivity contribution in [1.82, 2.24) is 19.9 Å². The lowest BCUT2D eigenvalue weighted by atomic mass is 10.3. The van der Waals surface area contributed by atoms with Crippen molar-refractivity contribution in [2.24, 2.45) is 0 Å². The molecule has 236 valence electrons. The minimum Gasteiger partial charge on any atom is -0.378 e. The van der Waals surface area contributed by atoms with Gasteiger partial charge < -0.3 is 20.3 Å². The van der Waals surface area contributed by atoms with Crippen LogP contribution in [0.4, 0.5) is 38.7 Å². The normalized spacial score (nSPS) is 12.5. The molecule has 0 aliphatic carbocycles. The van der Waals surface area contributed by atoms with E-state index in [1.165, 1.54) is 6.07 Å². The molecule has 4 aromatic rings. The number of carbonyl (C=O) groups is 2. The van der Waals surface area contributed by atoms with Crippen LogP contribution >= 0.6 is 58.0 Å². The zero-order chi connectivity index (χ0) is 32.5. The lowest BCUT2D eigenvalue weighted by molar-refractivity contribution is 0.122. The number of nitrogens with one attached hydrogen (secondary N) is 4. The molecule has 0 unspecified atom stereocenters. The predicted octanol–water partition coefficient (Wildman–Crippen LogP) is 7.96. The smallest absolute Gasteiger partial charge is 0.326 e. The molecule has 0 spiro atoms. The lowest BCUT2D eigenvalue weighted by Crippen LogP contribution is -2.37. The second-order valence-corrected chi connectivity index (χ2v) is 11.4. The quantitative estimate of drug-likeness (QED) is 0.152. The first-order chi connectivity index (χ1) is 21.4. The third-order valence-corrected chi connectivity index (χ3v) is 7.48. The van der Waals surface area contributed by atoms with E-state index in [1.54, 1.807) is 43.3 Å². The van der Waals surface area contributed by atoms with Gasteiger partial charge in [-0.1, -0.05) is 58.0 Å². The summed E-state index contributed by atoms with van der Waals surface area (Å²) in [6.07, 6.45) is 0. The van der Waals surface area contributed by atoms with Crippen LogP contribution < -0.4 is 26.2 Å². The number of ether oxygens (including phenoxy) is 1. The number of carbonyl (C=O) groups excluding carboxylic acids is 2. The summed E-state index contributed by atoms with van der Waals surface area (Å²) in [5.41, 5.74) is 2.43. The summed E-state index contributed by atoms with van der Waals surface area (Å²) in [6, 6.07) is 12.1. The lowest BCUT2D eigenvalue weighted by Gasteiger charge is -2.28. The Balaban J connectivity index is 0.000000210. The van der Waals surface area contributed by atoms with Gasteiger partial charge in [-0.15, -0.1) is 0 Å². The number of morpholine rings is 1. The SMILES string of the molecule is Cc1cc(Cl)nc(NC(=O)Nc2ccc(Cl)c(Cl)c2)n1.Cc1cc(N2CCOCC2)nc(NC(=O)Nc2ccc(Cl)c(Cl)c2)n1. The van der Waals surface area contributed by atoms with Gasteiger partial charge in [0, 0.05) is 41.9 Å². The van der Waals surface area contributed by atoms with Gasteiger partial charge >= 0.3 is 12.1 Å². The second kappa shape index (κ2) is 16.1. The average molecular weight is 714 g/mol. The zero-order valence-corrected chi connectivity index (χ0v) is 27.6. The van der Waals surface area contributed by atoms with Crippen molar-refractivity contribution < 1.29 is 14.3 Å². The number of anilines is 5. The Morgan fingerprint density at radius 1 is 0.644 bits per heavy atom. The number of amides is 4. The molecule has 0 saturated carbocycles. The fourth-order valence-electron chi connectivity index (χ4n) is 3.82. The number of aryl methyl sites for hydroxylation is 2. The molecule has 2 aromatic heterocycles. The van der Waals surface area contributed by atoms with Crippen molar-refractivity contribution in [2.45, 2.75) is 13.8 Å². The van der Waals surface area contributed by atoms with Gasteiger partial charge in [0.05, 0.1) is 33.3 Å². The van der Waals surface area contributed by atoms with Crippen molar-refractivity contribution in [3.8, 4) is 0 Å². The number of aromatic nitrogens is 4. The van der Waals surface area contributed by atoms with Crippen LogP contribution in [-0.4, -0.2) is 58.3 Å². The summed E-state index contributed by atoms with van der Waals surface area (Å²) >= 11 is 29.2. The number of benzene rings is 2. The molecule has 0 bridgehead atoms. The summed E-state index contributed by atoms with van der Waals surface area (Å²) < 4.78 is 5.35. The molecule has 45 heavy (non-hydrogen) atoms. The summed E-state index contributed by atoms with van der Waals surface area (Å²) in [7, 11) is 0. The highest BCUT2D eigenvalue weighted by atomic mass is 35.5. The summed E-state index contributed by atoms with van der Waals surface area (Å²) in [4.78, 5) is 42.6. The molecule has 3 heterocycles. The van der Waals surface area contributed by atoms with Crippen molar-refractivity contribution in [3.05, 3.63) is 85.2 Å². The van der Waals surface area contributed by atoms with Gasteiger partial charge in [0.1, 0.15) is 11.0 Å². The Hall–Kier alpha value is -3.65. The van der Waals surface area contributed by atoms with Crippen LogP contribution in [-0.2, 0) is 4.74 Å². The molecule has 0 atom stereocenters. The van der Waals surface area contributed by atoms with Crippen molar-refractivity contribution in [3.63, 3.8) is 0 Å². The molecular weight excluding hydrogens is 688 g/mol. The molecular formula is C28H26Cl5N9O3. The Morgan fingerprint density at radius 2 is 1.13 bits per heavy atom. The van der Waals surface area contributed by atoms with E-state index in [-0.39, 0.29) is 17.0 Å². The first-order valence-corrected chi connectivity index (χ1v) is 15.1. The van der Waals surface area contributed by atoms with Gasteiger partial charge in [-0.3, -0.25) is 10.6 Å². The van der Waals surface area contributed by atoms with E-state index < -0.39 is 12.1 Å². The number of nitrogens with zero attached hydrogens (tertiary/aromatic N) is 5. The second-order valence-electron chi connectivity index (χ2n) is 9.36. The highest BCUT2D eigenvalue weighted by Gasteiger charge is 2.15. The molecule has 1 aliphatic rings. The first-order valence-electron chi connectivity index (χ1n) is 13.2. The number of hydrogen-bond acceptors (Lipinski definition) is 8. The number of urea groups is 2. The molecule has 12 nitrogen and oxygen atoms in total. The van der Waals surface area contributed by atoms with Gasteiger partial charge in [0.15, 0.2) is 0 Å². The minimum absolute atomic E-state index is 0.118. The van der Waals surface area contributed by atoms with E-state index in [4.69, 9.17) is 62.7 Å². The average Bonchev–Trinajstić information content (AvgIpc) is 2.97. The summed E-state index contributed by atoms with van der Waals surface area (Å²) in [5, 5.41) is 12.2. The Morgan fingerprint density at radius 3 is 1.62 bits per heavy atom. The zero-order valence-electron chi connectivity index (χ0n) is 23.8. The molecule has 1 aliphatic heterocycles. The van der Waals surface area contributed by atoms with Gasteiger partial charge in [-0.2, -0.15) is 4.98 Å². The van der Waals surface area contributed by atoms with Crippen molar-refractivity contribution in [2.75, 3.05) is 52.5 Å². The van der Waals surface area contributed by atoms with Crippen LogP contribution in [0.3, 0.4) is 0 Å². The largest absolute Gasteiger partial charge is 0.378 e. The fourth-order valence-corrected chi connectivity index (χ4v) is 4.66. The molecule has 4 N–H and O–H groups in total. The van der Waals surface area contributed by atoms with Crippen LogP contribution in [0.1, 0.15) is 11.4 Å². The maximum Gasteiger partial charge on any atom is 0.326 e. The Bertz CT molecular complexity index is 1670.